The van der Waals surface area contributed by atoms with Crippen molar-refractivity contribution in [1.82, 2.24) is 15.5 Å². The first kappa shape index (κ1) is 34.0. The van der Waals surface area contributed by atoms with E-state index in [0.717, 1.165) is 28.7 Å². The first-order chi connectivity index (χ1) is 21.6. The minimum Gasteiger partial charge on any atom is -0.465 e. The first-order valence-electron chi connectivity index (χ1n) is 15.5. The van der Waals surface area contributed by atoms with Crippen molar-refractivity contribution in [1.29, 1.82) is 0 Å². The highest BCUT2D eigenvalue weighted by atomic mass is 35.5. The van der Waals surface area contributed by atoms with E-state index in [9.17, 15) is 19.5 Å². The molecule has 0 radical (unpaired) electrons. The van der Waals surface area contributed by atoms with Crippen LogP contribution in [0.2, 0.25) is 5.02 Å². The van der Waals surface area contributed by atoms with Crippen LogP contribution < -0.4 is 16.4 Å². The second kappa shape index (κ2) is 15.4. The number of hydrogen-bond donors (Lipinski definition) is 5. The molecule has 0 aliphatic carbocycles. The van der Waals surface area contributed by atoms with E-state index >= 15 is 0 Å². The summed E-state index contributed by atoms with van der Waals surface area (Å²) in [6, 6.07) is 19.0. The highest BCUT2D eigenvalue weighted by molar-refractivity contribution is 6.33. The number of nitrogens with one attached hydrogen (secondary N) is 2. The molecule has 9 nitrogen and oxygen atoms in total. The van der Waals surface area contributed by atoms with Gasteiger partial charge in [0.1, 0.15) is 0 Å². The van der Waals surface area contributed by atoms with Gasteiger partial charge in [0.25, 0.3) is 5.91 Å². The highest BCUT2D eigenvalue weighted by Gasteiger charge is 2.43. The Morgan fingerprint density at radius 3 is 2.58 bits per heavy atom. The lowest BCUT2D eigenvalue weighted by Gasteiger charge is -2.44. The Kier molecular flexibility index (Phi) is 11.6. The van der Waals surface area contributed by atoms with E-state index < -0.39 is 17.6 Å². The summed E-state index contributed by atoms with van der Waals surface area (Å²) in [5.74, 6) is -1.11. The number of aliphatic hydroxyl groups is 1. The van der Waals surface area contributed by atoms with Gasteiger partial charge in [0.15, 0.2) is 0 Å². The number of benzene rings is 3. The molecular weight excluding hydrogens is 592 g/mol. The number of piperidine rings is 1. The van der Waals surface area contributed by atoms with E-state index in [2.05, 4.69) is 23.6 Å². The summed E-state index contributed by atoms with van der Waals surface area (Å²) in [6.45, 7) is 3.61. The van der Waals surface area contributed by atoms with Crippen molar-refractivity contribution in [2.24, 2.45) is 11.7 Å². The molecule has 45 heavy (non-hydrogen) atoms. The van der Waals surface area contributed by atoms with E-state index in [4.69, 9.17) is 22.4 Å². The van der Waals surface area contributed by atoms with Crippen molar-refractivity contribution in [2.75, 3.05) is 26.7 Å². The smallest absolute Gasteiger partial charge is 0.404 e. The predicted octanol–water partition coefficient (Wildman–Crippen LogP) is 5.10. The molecule has 1 saturated heterocycles. The molecule has 0 unspecified atom stereocenters. The molecule has 6 N–H and O–H groups in total. The lowest BCUT2D eigenvalue weighted by atomic mass is 9.72. The molecule has 3 aromatic rings. The number of carbonyl (C=O) groups is 3. The van der Waals surface area contributed by atoms with Crippen LogP contribution in [0.5, 0.6) is 0 Å². The Hall–Kier alpha value is -3.92. The second-order valence-electron chi connectivity index (χ2n) is 11.7. The summed E-state index contributed by atoms with van der Waals surface area (Å²) in [5.41, 5.74) is 9.46. The van der Waals surface area contributed by atoms with Gasteiger partial charge in [0, 0.05) is 48.2 Å². The van der Waals surface area contributed by atoms with Gasteiger partial charge in [0.2, 0.25) is 5.91 Å². The average Bonchev–Trinajstić information content (AvgIpc) is 3.02. The minimum absolute atomic E-state index is 0.0564. The summed E-state index contributed by atoms with van der Waals surface area (Å²) in [4.78, 5) is 38.8. The molecule has 10 heteroatoms. The Balaban J connectivity index is 1.73. The number of rotatable bonds is 13. The largest absolute Gasteiger partial charge is 0.465 e. The maximum absolute atomic E-state index is 14.0. The van der Waals surface area contributed by atoms with E-state index in [1.165, 1.54) is 0 Å². The SMILES string of the molecule is CCc1cccc(-c2c(Cl)cccc2[C@](O)(CCCNC(=O)O)[C@@H]2CCCN(C(=O)c3ccc(CNC)cc3CC(N)=O)C2)c1. The number of carbonyl (C=O) groups excluding carboxylic acids is 2. The number of nitrogens with two attached hydrogens (primary N) is 1. The van der Waals surface area contributed by atoms with Crippen molar-refractivity contribution in [3.8, 4) is 11.1 Å². The third kappa shape index (κ3) is 8.22. The molecule has 1 aliphatic heterocycles. The van der Waals surface area contributed by atoms with Crippen LogP contribution in [0.4, 0.5) is 4.79 Å². The van der Waals surface area contributed by atoms with E-state index in [-0.39, 0.29) is 37.8 Å². The van der Waals surface area contributed by atoms with Gasteiger partial charge in [-0.1, -0.05) is 67.1 Å². The number of primary amides is 1. The summed E-state index contributed by atoms with van der Waals surface area (Å²) in [5, 5.41) is 27.9. The monoisotopic (exact) mass is 634 g/mol. The standard InChI is InChI=1S/C35H43ClN4O5/c1-3-23-8-4-9-25(18-23)32-29(11-5-12-30(32)36)35(45,15-7-16-39-34(43)44)27-10-6-17-40(22-27)33(42)28-14-13-24(21-38-2)19-26(28)20-31(37)41/h4-5,8-9,11-14,18-19,27,38-39,45H,3,6-7,10,15-17,20-22H2,1-2H3,(H2,37,41)(H,43,44)/t27-,35+/m1/s1. The number of amides is 3. The predicted molar refractivity (Wildman–Crippen MR) is 176 cm³/mol. The first-order valence-corrected chi connectivity index (χ1v) is 15.9. The number of likely N-dealkylation sites (tertiary alicyclic amines) is 1. The molecule has 1 aliphatic rings. The minimum atomic E-state index is -1.42. The van der Waals surface area contributed by atoms with E-state index in [1.54, 1.807) is 17.0 Å². The fourth-order valence-electron chi connectivity index (χ4n) is 6.46. The number of carboxylic acid groups (broad SMARTS) is 1. The topological polar surface area (TPSA) is 145 Å². The molecule has 3 aromatic carbocycles. The number of hydrogen-bond acceptors (Lipinski definition) is 5. The highest BCUT2D eigenvalue weighted by Crippen LogP contribution is 2.46. The zero-order valence-electron chi connectivity index (χ0n) is 25.9. The summed E-state index contributed by atoms with van der Waals surface area (Å²) in [7, 11) is 1.82. The van der Waals surface area contributed by atoms with Crippen molar-refractivity contribution >= 4 is 29.5 Å². The summed E-state index contributed by atoms with van der Waals surface area (Å²) >= 11 is 6.85. The van der Waals surface area contributed by atoms with Crippen LogP contribution in [0, 0.1) is 5.92 Å². The van der Waals surface area contributed by atoms with Crippen LogP contribution in [-0.4, -0.2) is 59.7 Å². The van der Waals surface area contributed by atoms with Crippen LogP contribution in [-0.2, 0) is 29.8 Å². The summed E-state index contributed by atoms with van der Waals surface area (Å²) < 4.78 is 0. The maximum atomic E-state index is 14.0. The Labute approximate surface area is 269 Å². The van der Waals surface area contributed by atoms with Crippen molar-refractivity contribution in [2.45, 2.75) is 57.6 Å². The van der Waals surface area contributed by atoms with Crippen LogP contribution in [0.15, 0.2) is 60.7 Å². The van der Waals surface area contributed by atoms with Crippen LogP contribution >= 0.6 is 11.6 Å². The van der Waals surface area contributed by atoms with Crippen LogP contribution in [0.25, 0.3) is 11.1 Å². The zero-order chi connectivity index (χ0) is 32.6. The van der Waals surface area contributed by atoms with E-state index in [1.807, 2.05) is 49.5 Å². The third-order valence-electron chi connectivity index (χ3n) is 8.64. The molecule has 0 saturated carbocycles. The van der Waals surface area contributed by atoms with Gasteiger partial charge in [-0.2, -0.15) is 0 Å². The van der Waals surface area contributed by atoms with Gasteiger partial charge in [-0.25, -0.2) is 4.79 Å². The number of aryl methyl sites for hydroxylation is 1. The molecule has 1 heterocycles. The Morgan fingerprint density at radius 1 is 1.09 bits per heavy atom. The Bertz CT molecular complexity index is 1530. The lowest BCUT2D eigenvalue weighted by Crippen LogP contribution is -2.48. The zero-order valence-corrected chi connectivity index (χ0v) is 26.7. The fraction of sp³-hybridized carbons (Fsp3) is 0.400. The number of halogens is 1. The average molecular weight is 635 g/mol. The molecule has 2 atom stereocenters. The molecule has 0 bridgehead atoms. The van der Waals surface area contributed by atoms with Gasteiger partial charge in [0.05, 0.1) is 12.0 Å². The van der Waals surface area contributed by atoms with Crippen LogP contribution in [0.1, 0.15) is 65.2 Å². The number of nitrogens with zero attached hydrogens (tertiary/aromatic N) is 1. The van der Waals surface area contributed by atoms with Crippen molar-refractivity contribution < 1.29 is 24.6 Å². The molecular formula is C35H43ClN4O5. The molecule has 240 valence electrons. The fourth-order valence-corrected chi connectivity index (χ4v) is 6.75. The maximum Gasteiger partial charge on any atom is 0.404 e. The quantitative estimate of drug-likeness (QED) is 0.165. The Morgan fingerprint density at radius 2 is 1.87 bits per heavy atom. The molecule has 1 fully saturated rings. The van der Waals surface area contributed by atoms with Gasteiger partial charge >= 0.3 is 6.09 Å². The van der Waals surface area contributed by atoms with Gasteiger partial charge in [-0.05, 0) is 79.1 Å². The molecule has 4 rings (SSSR count). The lowest BCUT2D eigenvalue weighted by molar-refractivity contribution is -0.117. The molecule has 0 aromatic heterocycles. The molecule has 3 amide bonds. The summed E-state index contributed by atoms with van der Waals surface area (Å²) in [6.07, 6.45) is 1.61. The van der Waals surface area contributed by atoms with Gasteiger partial charge < -0.3 is 31.5 Å². The normalized spacial score (nSPS) is 16.2. The van der Waals surface area contributed by atoms with E-state index in [0.29, 0.717) is 54.1 Å². The van der Waals surface area contributed by atoms with Gasteiger partial charge in [-0.15, -0.1) is 0 Å². The van der Waals surface area contributed by atoms with Crippen molar-refractivity contribution in [3.05, 3.63) is 93.5 Å². The molecule has 0 spiro atoms. The van der Waals surface area contributed by atoms with Crippen LogP contribution in [0.3, 0.4) is 0 Å². The second-order valence-corrected chi connectivity index (χ2v) is 12.1. The van der Waals surface area contributed by atoms with Gasteiger partial charge in [-0.3, -0.25) is 9.59 Å². The third-order valence-corrected chi connectivity index (χ3v) is 8.96. The van der Waals surface area contributed by atoms with Crippen molar-refractivity contribution in [3.63, 3.8) is 0 Å².